The number of nitrogens with zero attached hydrogens (tertiary/aromatic N) is 3. The first-order valence-corrected chi connectivity index (χ1v) is 8.08. The first kappa shape index (κ1) is 19.2. The fraction of sp³-hybridized carbons (Fsp3) is 0.588. The zero-order valence-corrected chi connectivity index (χ0v) is 16.3. The maximum Gasteiger partial charge on any atom is 0.198 e. The van der Waals surface area contributed by atoms with E-state index in [9.17, 15) is 0 Å². The van der Waals surface area contributed by atoms with E-state index in [1.165, 1.54) is 24.2 Å². The van der Waals surface area contributed by atoms with E-state index in [1.54, 1.807) is 0 Å². The second-order valence-corrected chi connectivity index (χ2v) is 5.44. The lowest BCUT2D eigenvalue weighted by Crippen LogP contribution is -2.43. The highest BCUT2D eigenvalue weighted by Crippen LogP contribution is 2.27. The molecule has 0 unspecified atom stereocenters. The Morgan fingerprint density at radius 2 is 2.05 bits per heavy atom. The van der Waals surface area contributed by atoms with Gasteiger partial charge in [-0.15, -0.1) is 24.0 Å². The van der Waals surface area contributed by atoms with Crippen LogP contribution in [-0.4, -0.2) is 50.6 Å². The van der Waals surface area contributed by atoms with Crippen LogP contribution in [-0.2, 0) is 6.42 Å². The van der Waals surface area contributed by atoms with Gasteiger partial charge in [0.25, 0.3) is 0 Å². The van der Waals surface area contributed by atoms with Gasteiger partial charge in [-0.25, -0.2) is 0 Å². The molecular weight excluding hydrogens is 387 g/mol. The van der Waals surface area contributed by atoms with E-state index in [2.05, 4.69) is 58.2 Å². The smallest absolute Gasteiger partial charge is 0.198 e. The molecular formula is C17H29IN4. The lowest BCUT2D eigenvalue weighted by atomic mass is 10.2. The number of para-hydroxylation sites is 1. The van der Waals surface area contributed by atoms with Gasteiger partial charge in [0, 0.05) is 32.4 Å². The molecule has 0 atom stereocenters. The van der Waals surface area contributed by atoms with E-state index in [1.807, 2.05) is 7.05 Å². The number of hydrogen-bond acceptors (Lipinski definition) is 2. The standard InChI is InChI=1S/C17H28N4.HI/c1-4-12-20(5-2)14-11-19-17(18-3)21-13-10-15-8-6-7-9-16(15)21;/h6-9H,4-5,10-14H2,1-3H3,(H,18,19);1H. The molecule has 1 heterocycles. The van der Waals surface area contributed by atoms with Gasteiger partial charge >= 0.3 is 0 Å². The Morgan fingerprint density at radius 1 is 1.27 bits per heavy atom. The molecule has 1 aliphatic rings. The maximum atomic E-state index is 4.45. The quantitative estimate of drug-likeness (QED) is 0.440. The third-order valence-corrected chi connectivity index (χ3v) is 4.05. The van der Waals surface area contributed by atoms with Gasteiger partial charge in [-0.2, -0.15) is 0 Å². The van der Waals surface area contributed by atoms with Gasteiger partial charge in [-0.3, -0.25) is 4.99 Å². The van der Waals surface area contributed by atoms with Gasteiger partial charge in [0.15, 0.2) is 5.96 Å². The van der Waals surface area contributed by atoms with Crippen molar-refractivity contribution in [3.8, 4) is 0 Å². The van der Waals surface area contributed by atoms with Gasteiger partial charge in [-0.05, 0) is 37.6 Å². The van der Waals surface area contributed by atoms with Crippen LogP contribution in [0.5, 0.6) is 0 Å². The van der Waals surface area contributed by atoms with Crippen molar-refractivity contribution in [3.05, 3.63) is 29.8 Å². The SMILES string of the molecule is CCCN(CC)CCNC(=NC)N1CCc2ccccc21.I. The van der Waals surface area contributed by atoms with Crippen molar-refractivity contribution < 1.29 is 0 Å². The first-order valence-electron chi connectivity index (χ1n) is 8.08. The molecule has 0 spiro atoms. The number of aliphatic imine (C=N–C) groups is 1. The van der Waals surface area contributed by atoms with Gasteiger partial charge in [0.1, 0.15) is 0 Å². The largest absolute Gasteiger partial charge is 0.355 e. The number of rotatable bonds is 6. The fourth-order valence-corrected chi connectivity index (χ4v) is 2.92. The van der Waals surface area contributed by atoms with E-state index in [4.69, 9.17) is 0 Å². The molecule has 0 bridgehead atoms. The highest BCUT2D eigenvalue weighted by atomic mass is 127. The van der Waals surface area contributed by atoms with Crippen molar-refractivity contribution in [2.45, 2.75) is 26.7 Å². The number of guanidine groups is 1. The van der Waals surface area contributed by atoms with Crippen LogP contribution in [0.15, 0.2) is 29.3 Å². The lowest BCUT2D eigenvalue weighted by Gasteiger charge is -2.24. The molecule has 0 fully saturated rings. The molecule has 0 saturated heterocycles. The van der Waals surface area contributed by atoms with E-state index in [0.717, 1.165) is 38.6 Å². The van der Waals surface area contributed by atoms with Gasteiger partial charge < -0.3 is 15.1 Å². The summed E-state index contributed by atoms with van der Waals surface area (Å²) in [5.41, 5.74) is 2.72. The second kappa shape index (κ2) is 10.0. The average molecular weight is 416 g/mol. The minimum Gasteiger partial charge on any atom is -0.355 e. The normalized spacial score (nSPS) is 14.0. The Labute approximate surface area is 152 Å². The molecule has 0 aromatic heterocycles. The number of fused-ring (bicyclic) bond motifs is 1. The summed E-state index contributed by atoms with van der Waals surface area (Å²) in [6.07, 6.45) is 2.32. The van der Waals surface area contributed by atoms with Gasteiger partial charge in [0.05, 0.1) is 0 Å². The summed E-state index contributed by atoms with van der Waals surface area (Å²) >= 11 is 0. The summed E-state index contributed by atoms with van der Waals surface area (Å²) in [5.74, 6) is 0.993. The number of nitrogens with one attached hydrogen (secondary N) is 1. The highest BCUT2D eigenvalue weighted by molar-refractivity contribution is 14.0. The van der Waals surface area contributed by atoms with Crippen molar-refractivity contribution in [1.82, 2.24) is 10.2 Å². The van der Waals surface area contributed by atoms with Crippen LogP contribution >= 0.6 is 24.0 Å². The number of halogens is 1. The molecule has 2 rings (SSSR count). The van der Waals surface area contributed by atoms with Crippen LogP contribution in [0, 0.1) is 0 Å². The molecule has 22 heavy (non-hydrogen) atoms. The number of hydrogen-bond donors (Lipinski definition) is 1. The monoisotopic (exact) mass is 416 g/mol. The molecule has 1 aromatic rings. The minimum atomic E-state index is 0. The molecule has 5 heteroatoms. The topological polar surface area (TPSA) is 30.9 Å². The van der Waals surface area contributed by atoms with Crippen molar-refractivity contribution in [1.29, 1.82) is 0 Å². The fourth-order valence-electron chi connectivity index (χ4n) is 2.92. The van der Waals surface area contributed by atoms with Crippen LogP contribution in [0.2, 0.25) is 0 Å². The number of likely N-dealkylation sites (N-methyl/N-ethyl adjacent to an activating group) is 1. The molecule has 1 N–H and O–H groups in total. The molecule has 0 radical (unpaired) electrons. The Bertz CT molecular complexity index is 475. The Kier molecular flexibility index (Phi) is 8.78. The third kappa shape index (κ3) is 4.84. The Morgan fingerprint density at radius 3 is 2.73 bits per heavy atom. The summed E-state index contributed by atoms with van der Waals surface area (Å²) in [6.45, 7) is 9.77. The molecule has 0 amide bonds. The first-order chi connectivity index (χ1) is 10.3. The molecule has 1 aliphatic heterocycles. The van der Waals surface area contributed by atoms with E-state index < -0.39 is 0 Å². The lowest BCUT2D eigenvalue weighted by molar-refractivity contribution is 0.293. The Balaban J connectivity index is 0.00000242. The van der Waals surface area contributed by atoms with E-state index in [0.29, 0.717) is 0 Å². The van der Waals surface area contributed by atoms with Gasteiger partial charge in [0.2, 0.25) is 0 Å². The van der Waals surface area contributed by atoms with Crippen molar-refractivity contribution in [2.75, 3.05) is 44.7 Å². The zero-order valence-electron chi connectivity index (χ0n) is 14.0. The molecule has 4 nitrogen and oxygen atoms in total. The summed E-state index contributed by atoms with van der Waals surface area (Å²) in [6, 6.07) is 8.61. The number of benzene rings is 1. The summed E-state index contributed by atoms with van der Waals surface area (Å²) in [7, 11) is 1.87. The van der Waals surface area contributed by atoms with E-state index >= 15 is 0 Å². The van der Waals surface area contributed by atoms with Crippen LogP contribution in [0.1, 0.15) is 25.8 Å². The van der Waals surface area contributed by atoms with Crippen LogP contribution in [0.25, 0.3) is 0 Å². The number of anilines is 1. The summed E-state index contributed by atoms with van der Waals surface area (Å²) in [4.78, 5) is 9.22. The van der Waals surface area contributed by atoms with E-state index in [-0.39, 0.29) is 24.0 Å². The minimum absolute atomic E-state index is 0. The molecule has 0 saturated carbocycles. The highest BCUT2D eigenvalue weighted by Gasteiger charge is 2.22. The summed E-state index contributed by atoms with van der Waals surface area (Å²) < 4.78 is 0. The molecule has 1 aromatic carbocycles. The molecule has 0 aliphatic carbocycles. The van der Waals surface area contributed by atoms with Crippen LogP contribution in [0.4, 0.5) is 5.69 Å². The third-order valence-electron chi connectivity index (χ3n) is 4.05. The summed E-state index contributed by atoms with van der Waals surface area (Å²) in [5, 5.41) is 3.51. The van der Waals surface area contributed by atoms with Crippen LogP contribution < -0.4 is 10.2 Å². The van der Waals surface area contributed by atoms with Crippen molar-refractivity contribution in [3.63, 3.8) is 0 Å². The maximum absolute atomic E-state index is 4.45. The average Bonchev–Trinajstić information content (AvgIpc) is 2.94. The predicted molar refractivity (Wildman–Crippen MR) is 107 cm³/mol. The molecule has 124 valence electrons. The van der Waals surface area contributed by atoms with Gasteiger partial charge in [-0.1, -0.05) is 32.0 Å². The van der Waals surface area contributed by atoms with Crippen molar-refractivity contribution >= 4 is 35.6 Å². The van der Waals surface area contributed by atoms with Crippen LogP contribution in [0.3, 0.4) is 0 Å². The predicted octanol–water partition coefficient (Wildman–Crippen LogP) is 2.97. The second-order valence-electron chi connectivity index (χ2n) is 5.44. The Hall–Kier alpha value is -0.820. The van der Waals surface area contributed by atoms with Crippen molar-refractivity contribution in [2.24, 2.45) is 4.99 Å². The zero-order chi connectivity index (χ0) is 15.1.